The fraction of sp³-hybridized carbons (Fsp3) is 0.250. The van der Waals surface area contributed by atoms with Gasteiger partial charge in [-0.2, -0.15) is 0 Å². The molecular formula is C36H29NO14. The molecule has 15 heteroatoms. The van der Waals surface area contributed by atoms with Gasteiger partial charge in [-0.15, -0.1) is 0 Å². The summed E-state index contributed by atoms with van der Waals surface area (Å²) in [5.74, 6) is -1.75. The summed E-state index contributed by atoms with van der Waals surface area (Å²) in [5, 5.41) is 11.0. The third-order valence-corrected chi connectivity index (χ3v) is 8.82. The first-order valence-corrected chi connectivity index (χ1v) is 15.6. The van der Waals surface area contributed by atoms with Crippen molar-refractivity contribution in [2.45, 2.75) is 18.6 Å². The van der Waals surface area contributed by atoms with Gasteiger partial charge in [-0.05, 0) is 53.1 Å². The maximum absolute atomic E-state index is 13.5. The Morgan fingerprint density at radius 1 is 0.843 bits per heavy atom. The summed E-state index contributed by atoms with van der Waals surface area (Å²) in [4.78, 5) is 49.8. The van der Waals surface area contributed by atoms with Crippen LogP contribution in [0.25, 0.3) is 0 Å². The van der Waals surface area contributed by atoms with Crippen molar-refractivity contribution in [3.63, 3.8) is 0 Å². The van der Waals surface area contributed by atoms with E-state index in [4.69, 9.17) is 42.6 Å². The van der Waals surface area contributed by atoms with Gasteiger partial charge in [-0.3, -0.25) is 14.9 Å². The van der Waals surface area contributed by atoms with Gasteiger partial charge >= 0.3 is 18.3 Å². The van der Waals surface area contributed by atoms with E-state index in [1.54, 1.807) is 36.4 Å². The normalized spacial score (nSPS) is 19.5. The number of carbonyl (C=O) groups excluding carboxylic acids is 3. The van der Waals surface area contributed by atoms with Crippen LogP contribution in [0.1, 0.15) is 34.3 Å². The number of non-ortho nitro benzene ring substituents is 1. The number of hydrogen-bond acceptors (Lipinski definition) is 14. The zero-order valence-electron chi connectivity index (χ0n) is 27.1. The summed E-state index contributed by atoms with van der Waals surface area (Å²) in [7, 11) is 2.78. The van der Waals surface area contributed by atoms with Crippen molar-refractivity contribution in [2.75, 3.05) is 27.6 Å². The number of methoxy groups -OCH3 is 2. The fourth-order valence-corrected chi connectivity index (χ4v) is 6.53. The molecule has 7 rings (SSSR count). The molecule has 0 N–H and O–H groups in total. The Morgan fingerprint density at radius 2 is 1.51 bits per heavy atom. The van der Waals surface area contributed by atoms with Crippen molar-refractivity contribution in [3.05, 3.63) is 111 Å². The second-order valence-corrected chi connectivity index (χ2v) is 11.7. The highest BCUT2D eigenvalue weighted by Crippen LogP contribution is 2.56. The molecule has 51 heavy (non-hydrogen) atoms. The van der Waals surface area contributed by atoms with E-state index < -0.39 is 47.1 Å². The van der Waals surface area contributed by atoms with E-state index >= 15 is 0 Å². The van der Waals surface area contributed by atoms with Gasteiger partial charge in [0, 0.05) is 29.5 Å². The number of nitro groups is 1. The van der Waals surface area contributed by atoms with E-state index in [-0.39, 0.29) is 48.7 Å². The monoisotopic (exact) mass is 699 g/mol. The average Bonchev–Trinajstić information content (AvgIpc) is 3.76. The number of cyclic esters (lactones) is 1. The lowest BCUT2D eigenvalue weighted by molar-refractivity contribution is -0.384. The predicted molar refractivity (Wildman–Crippen MR) is 172 cm³/mol. The molecule has 0 aromatic heterocycles. The minimum absolute atomic E-state index is 0.0194. The van der Waals surface area contributed by atoms with Gasteiger partial charge in [0.25, 0.3) is 5.69 Å². The highest BCUT2D eigenvalue weighted by Gasteiger charge is 2.54. The molecule has 1 saturated heterocycles. The predicted octanol–water partition coefficient (Wildman–Crippen LogP) is 6.25. The van der Waals surface area contributed by atoms with E-state index in [0.29, 0.717) is 28.2 Å². The highest BCUT2D eigenvalue weighted by molar-refractivity contribution is 5.79. The second-order valence-electron chi connectivity index (χ2n) is 11.7. The second kappa shape index (κ2) is 13.8. The molecule has 2 heterocycles. The number of rotatable bonds is 9. The molecule has 4 atom stereocenters. The molecule has 0 unspecified atom stereocenters. The van der Waals surface area contributed by atoms with E-state index in [1.165, 1.54) is 38.5 Å². The summed E-state index contributed by atoms with van der Waals surface area (Å²) in [6.45, 7) is -0.140. The molecule has 1 aliphatic carbocycles. The largest absolute Gasteiger partial charge is 0.514 e. The molecule has 1 fully saturated rings. The van der Waals surface area contributed by atoms with Crippen LogP contribution >= 0.6 is 0 Å². The molecule has 0 radical (unpaired) electrons. The van der Waals surface area contributed by atoms with Crippen LogP contribution in [-0.4, -0.2) is 50.8 Å². The molecule has 0 spiro atoms. The van der Waals surface area contributed by atoms with Crippen LogP contribution in [0.4, 0.5) is 15.3 Å². The van der Waals surface area contributed by atoms with Crippen molar-refractivity contribution >= 4 is 24.0 Å². The third-order valence-electron chi connectivity index (χ3n) is 8.82. The zero-order chi connectivity index (χ0) is 35.6. The lowest BCUT2D eigenvalue weighted by atomic mass is 9.66. The van der Waals surface area contributed by atoms with E-state index in [0.717, 1.165) is 5.56 Å². The molecule has 0 bridgehead atoms. The summed E-state index contributed by atoms with van der Waals surface area (Å²) in [5.41, 5.74) is 2.19. The SMILES string of the molecule is COc1cc([C@@H]2c3cc4c(cc3[C@@H](OC(=O)Oc3ccc([N+](=O)[O-])cc3)[C@H]3COC(=O)[C@H]23)OCO4)cc(OC)c1OC(=O)OCc1ccccc1. The minimum Gasteiger partial charge on any atom is -0.493 e. The fourth-order valence-electron chi connectivity index (χ4n) is 6.53. The first-order valence-electron chi connectivity index (χ1n) is 15.6. The first kappa shape index (κ1) is 33.0. The van der Waals surface area contributed by atoms with Crippen LogP contribution in [0.15, 0.2) is 78.9 Å². The number of benzene rings is 4. The van der Waals surface area contributed by atoms with Crippen molar-refractivity contribution < 1.29 is 61.9 Å². The van der Waals surface area contributed by atoms with Crippen molar-refractivity contribution in [1.29, 1.82) is 0 Å². The van der Waals surface area contributed by atoms with E-state index in [1.807, 2.05) is 18.2 Å². The molecule has 0 amide bonds. The van der Waals surface area contributed by atoms with Gasteiger partial charge in [0.05, 0.1) is 31.7 Å². The van der Waals surface area contributed by atoms with Gasteiger partial charge in [0.2, 0.25) is 12.5 Å². The van der Waals surface area contributed by atoms with Crippen LogP contribution < -0.4 is 28.4 Å². The number of carbonyl (C=O) groups is 3. The molecule has 2 aliphatic heterocycles. The number of esters is 1. The van der Waals surface area contributed by atoms with Gasteiger partial charge < -0.3 is 42.6 Å². The summed E-state index contributed by atoms with van der Waals surface area (Å²) >= 11 is 0. The smallest absolute Gasteiger partial charge is 0.493 e. The van der Waals surface area contributed by atoms with Crippen LogP contribution in [0.2, 0.25) is 0 Å². The number of nitrogens with zero attached hydrogens (tertiary/aromatic N) is 1. The lowest BCUT2D eigenvalue weighted by Gasteiger charge is -2.38. The van der Waals surface area contributed by atoms with E-state index in [2.05, 4.69) is 0 Å². The topological polar surface area (TPSA) is 177 Å². The van der Waals surface area contributed by atoms with Crippen molar-refractivity contribution in [1.82, 2.24) is 0 Å². The molecule has 262 valence electrons. The number of fused-ring (bicyclic) bond motifs is 3. The Balaban J connectivity index is 1.23. The number of ether oxygens (including phenoxy) is 9. The van der Waals surface area contributed by atoms with Crippen LogP contribution in [0, 0.1) is 22.0 Å². The summed E-state index contributed by atoms with van der Waals surface area (Å²) < 4.78 is 50.2. The third kappa shape index (κ3) is 6.48. The minimum atomic E-state index is -1.10. The van der Waals surface area contributed by atoms with Gasteiger partial charge in [0.15, 0.2) is 23.0 Å². The van der Waals surface area contributed by atoms with Crippen LogP contribution in [0.3, 0.4) is 0 Å². The van der Waals surface area contributed by atoms with Crippen molar-refractivity contribution in [2.24, 2.45) is 11.8 Å². The van der Waals surface area contributed by atoms with E-state index in [9.17, 15) is 24.5 Å². The van der Waals surface area contributed by atoms with Gasteiger partial charge in [-0.25, -0.2) is 9.59 Å². The Hall–Kier alpha value is -6.51. The molecular weight excluding hydrogens is 670 g/mol. The van der Waals surface area contributed by atoms with Crippen LogP contribution in [-0.2, 0) is 25.6 Å². The van der Waals surface area contributed by atoms with Gasteiger partial charge in [-0.1, -0.05) is 30.3 Å². The Labute approximate surface area is 289 Å². The van der Waals surface area contributed by atoms with Crippen molar-refractivity contribution in [3.8, 4) is 34.5 Å². The van der Waals surface area contributed by atoms with Crippen LogP contribution in [0.5, 0.6) is 34.5 Å². The molecule has 15 nitrogen and oxygen atoms in total. The maximum Gasteiger partial charge on any atom is 0.514 e. The molecule has 3 aliphatic rings. The molecule has 4 aromatic carbocycles. The lowest BCUT2D eigenvalue weighted by Crippen LogP contribution is -2.37. The average molecular weight is 700 g/mol. The highest BCUT2D eigenvalue weighted by atomic mass is 16.7. The first-order chi connectivity index (χ1) is 24.7. The Bertz CT molecular complexity index is 1970. The Morgan fingerprint density at radius 3 is 2.16 bits per heavy atom. The molecule has 4 aromatic rings. The number of hydrogen-bond donors (Lipinski definition) is 0. The zero-order valence-corrected chi connectivity index (χ0v) is 27.1. The quantitative estimate of drug-likeness (QED) is 0.0630. The summed E-state index contributed by atoms with van der Waals surface area (Å²) in [6.07, 6.45) is -3.12. The standard InChI is InChI=1S/C36H29NO14/c1-43-28-12-20(13-29(44-2)33(28)51-35(39)46-16-19-6-4-3-5-7-19)30-23-14-26-27(48-18-47-26)15-24(23)32(25-17-45-34(38)31(25)30)50-36(40)49-22-10-8-21(9-11-22)37(41)42/h3-15,25,30-32H,16-18H2,1-2H3/t25-,30+,31-,32+/m0/s1. The van der Waals surface area contributed by atoms with Gasteiger partial charge in [0.1, 0.15) is 18.5 Å². The molecule has 0 saturated carbocycles. The maximum atomic E-state index is 13.5. The summed E-state index contributed by atoms with van der Waals surface area (Å²) in [6, 6.07) is 20.6. The Kier molecular flexibility index (Phi) is 8.92. The number of nitro benzene ring substituents is 1.